The highest BCUT2D eigenvalue weighted by Crippen LogP contribution is 2.22. The number of halogens is 2. The highest BCUT2D eigenvalue weighted by Gasteiger charge is 2.15. The molecule has 0 unspecified atom stereocenters. The molecule has 0 heterocycles. The zero-order valence-corrected chi connectivity index (χ0v) is 10.4. The first-order valence-corrected chi connectivity index (χ1v) is 5.71. The Balaban J connectivity index is 2.29. The van der Waals surface area contributed by atoms with Crippen molar-refractivity contribution in [3.05, 3.63) is 59.2 Å². The van der Waals surface area contributed by atoms with E-state index in [1.54, 1.807) is 0 Å². The number of phenols is 1. The summed E-state index contributed by atoms with van der Waals surface area (Å²) in [5.41, 5.74) is -0.911. The number of rotatable bonds is 3. The Kier molecular flexibility index (Phi) is 3.84. The fourth-order valence-corrected chi connectivity index (χ4v) is 1.66. The smallest absolute Gasteiger partial charge is 0.339 e. The van der Waals surface area contributed by atoms with E-state index in [1.165, 1.54) is 6.07 Å². The van der Waals surface area contributed by atoms with Gasteiger partial charge in [-0.15, -0.1) is 0 Å². The number of hydrogen-bond donors (Lipinski definition) is 3. The molecule has 0 fully saturated rings. The first-order chi connectivity index (χ1) is 9.88. The SMILES string of the molecule is O=C(O)c1cc(NC(=O)c2cc(F)ccc2F)ccc1O. The second kappa shape index (κ2) is 5.58. The Labute approximate surface area is 117 Å². The molecule has 2 aromatic rings. The first-order valence-electron chi connectivity index (χ1n) is 5.71. The molecule has 3 N–H and O–H groups in total. The molecule has 7 heteroatoms. The van der Waals surface area contributed by atoms with Crippen molar-refractivity contribution in [2.75, 3.05) is 5.32 Å². The van der Waals surface area contributed by atoms with Crippen molar-refractivity contribution in [3.63, 3.8) is 0 Å². The van der Waals surface area contributed by atoms with Gasteiger partial charge in [-0.3, -0.25) is 4.79 Å². The van der Waals surface area contributed by atoms with Gasteiger partial charge in [-0.1, -0.05) is 0 Å². The van der Waals surface area contributed by atoms with E-state index in [9.17, 15) is 23.5 Å². The Hall–Kier alpha value is -2.96. The van der Waals surface area contributed by atoms with Crippen LogP contribution < -0.4 is 5.32 Å². The highest BCUT2D eigenvalue weighted by molar-refractivity contribution is 6.05. The van der Waals surface area contributed by atoms with Crippen LogP contribution in [0.4, 0.5) is 14.5 Å². The summed E-state index contributed by atoms with van der Waals surface area (Å²) < 4.78 is 26.4. The number of carbonyl (C=O) groups is 2. The molecule has 108 valence electrons. The number of aromatic carboxylic acids is 1. The third-order valence-electron chi connectivity index (χ3n) is 2.66. The zero-order valence-electron chi connectivity index (χ0n) is 10.4. The molecule has 5 nitrogen and oxygen atoms in total. The van der Waals surface area contributed by atoms with Crippen LogP contribution >= 0.6 is 0 Å². The topological polar surface area (TPSA) is 86.6 Å². The Morgan fingerprint density at radius 1 is 1.00 bits per heavy atom. The van der Waals surface area contributed by atoms with Gasteiger partial charge in [0.05, 0.1) is 5.56 Å². The number of carbonyl (C=O) groups excluding carboxylic acids is 1. The van der Waals surface area contributed by atoms with Crippen LogP contribution in [0.3, 0.4) is 0 Å². The fourth-order valence-electron chi connectivity index (χ4n) is 1.66. The predicted molar refractivity (Wildman–Crippen MR) is 69.4 cm³/mol. The molecule has 0 saturated carbocycles. The molecule has 0 aliphatic carbocycles. The van der Waals surface area contributed by atoms with Gasteiger partial charge in [-0.05, 0) is 36.4 Å². The molecule has 0 saturated heterocycles. The van der Waals surface area contributed by atoms with Gasteiger partial charge in [0.1, 0.15) is 22.9 Å². The van der Waals surface area contributed by atoms with Gasteiger partial charge in [0, 0.05) is 5.69 Å². The summed E-state index contributed by atoms with van der Waals surface area (Å²) in [5, 5.41) is 20.4. The molecule has 0 spiro atoms. The number of benzene rings is 2. The van der Waals surface area contributed by atoms with Crippen molar-refractivity contribution in [2.24, 2.45) is 0 Å². The third-order valence-corrected chi connectivity index (χ3v) is 2.66. The van der Waals surface area contributed by atoms with Crippen molar-refractivity contribution < 1.29 is 28.6 Å². The van der Waals surface area contributed by atoms with Gasteiger partial charge in [-0.2, -0.15) is 0 Å². The molecule has 2 aromatic carbocycles. The van der Waals surface area contributed by atoms with Crippen molar-refractivity contribution in [1.82, 2.24) is 0 Å². The van der Waals surface area contributed by atoms with Gasteiger partial charge in [0.25, 0.3) is 5.91 Å². The first kappa shape index (κ1) is 14.4. The van der Waals surface area contributed by atoms with Crippen LogP contribution in [0.2, 0.25) is 0 Å². The highest BCUT2D eigenvalue weighted by atomic mass is 19.1. The minimum absolute atomic E-state index is 0.0267. The number of amides is 1. The lowest BCUT2D eigenvalue weighted by molar-refractivity contribution is 0.0693. The van der Waals surface area contributed by atoms with E-state index in [-0.39, 0.29) is 5.69 Å². The van der Waals surface area contributed by atoms with Crippen LogP contribution in [-0.2, 0) is 0 Å². The van der Waals surface area contributed by atoms with E-state index in [1.807, 2.05) is 0 Å². The molecule has 0 atom stereocenters. The van der Waals surface area contributed by atoms with Gasteiger partial charge in [-0.25, -0.2) is 13.6 Å². The van der Waals surface area contributed by atoms with Gasteiger partial charge in [0.2, 0.25) is 0 Å². The second-order valence-corrected chi connectivity index (χ2v) is 4.12. The lowest BCUT2D eigenvalue weighted by Gasteiger charge is -2.08. The van der Waals surface area contributed by atoms with Crippen molar-refractivity contribution in [3.8, 4) is 5.75 Å². The number of anilines is 1. The number of hydrogen-bond acceptors (Lipinski definition) is 3. The predicted octanol–water partition coefficient (Wildman–Crippen LogP) is 2.62. The maximum Gasteiger partial charge on any atom is 0.339 e. The summed E-state index contributed by atoms with van der Waals surface area (Å²) in [7, 11) is 0. The van der Waals surface area contributed by atoms with Crippen LogP contribution in [0.5, 0.6) is 5.75 Å². The molecule has 0 aliphatic rings. The number of aromatic hydroxyl groups is 1. The molecule has 0 bridgehead atoms. The van der Waals surface area contributed by atoms with Crippen LogP contribution in [0, 0.1) is 11.6 Å². The van der Waals surface area contributed by atoms with Crippen LogP contribution in [0.15, 0.2) is 36.4 Å². The van der Waals surface area contributed by atoms with Crippen LogP contribution in [0.25, 0.3) is 0 Å². The number of carboxylic acid groups (broad SMARTS) is 1. The quantitative estimate of drug-likeness (QED) is 0.759. The second-order valence-electron chi connectivity index (χ2n) is 4.12. The van der Waals surface area contributed by atoms with Crippen molar-refractivity contribution in [1.29, 1.82) is 0 Å². The lowest BCUT2D eigenvalue weighted by Crippen LogP contribution is -2.14. The summed E-state index contributed by atoms with van der Waals surface area (Å²) >= 11 is 0. The molecular formula is C14H9F2NO4. The minimum Gasteiger partial charge on any atom is -0.507 e. The summed E-state index contributed by atoms with van der Waals surface area (Å²) in [6.45, 7) is 0. The largest absolute Gasteiger partial charge is 0.507 e. The molecule has 0 radical (unpaired) electrons. The van der Waals surface area contributed by atoms with Gasteiger partial charge in [0.15, 0.2) is 0 Å². The van der Waals surface area contributed by atoms with E-state index >= 15 is 0 Å². The van der Waals surface area contributed by atoms with E-state index in [2.05, 4.69) is 5.32 Å². The Bertz CT molecular complexity index is 731. The summed E-state index contributed by atoms with van der Waals surface area (Å²) in [4.78, 5) is 22.7. The van der Waals surface area contributed by atoms with E-state index in [0.717, 1.165) is 30.3 Å². The van der Waals surface area contributed by atoms with E-state index < -0.39 is 40.4 Å². The van der Waals surface area contributed by atoms with Crippen molar-refractivity contribution >= 4 is 17.6 Å². The number of nitrogens with one attached hydrogen (secondary N) is 1. The monoisotopic (exact) mass is 293 g/mol. The average Bonchev–Trinajstić information content (AvgIpc) is 2.43. The third kappa shape index (κ3) is 3.14. The van der Waals surface area contributed by atoms with Gasteiger partial charge < -0.3 is 15.5 Å². The van der Waals surface area contributed by atoms with E-state index in [0.29, 0.717) is 0 Å². The number of carboxylic acids is 1. The molecular weight excluding hydrogens is 284 g/mol. The maximum atomic E-state index is 13.4. The van der Waals surface area contributed by atoms with Crippen molar-refractivity contribution in [2.45, 2.75) is 0 Å². The molecule has 0 aliphatic heterocycles. The summed E-state index contributed by atoms with van der Waals surface area (Å²) in [6.07, 6.45) is 0. The fraction of sp³-hybridized carbons (Fsp3) is 0. The summed E-state index contributed by atoms with van der Waals surface area (Å²) in [5.74, 6) is -4.49. The van der Waals surface area contributed by atoms with Gasteiger partial charge >= 0.3 is 5.97 Å². The van der Waals surface area contributed by atoms with E-state index in [4.69, 9.17) is 5.11 Å². The molecule has 1 amide bonds. The molecule has 0 aromatic heterocycles. The maximum absolute atomic E-state index is 13.4. The average molecular weight is 293 g/mol. The molecule has 21 heavy (non-hydrogen) atoms. The minimum atomic E-state index is -1.39. The van der Waals surface area contributed by atoms with Crippen LogP contribution in [-0.4, -0.2) is 22.1 Å². The normalized spacial score (nSPS) is 10.2. The lowest BCUT2D eigenvalue weighted by atomic mass is 10.1. The Morgan fingerprint density at radius 2 is 1.71 bits per heavy atom. The standard InChI is InChI=1S/C14H9F2NO4/c15-7-1-3-11(16)9(5-7)13(19)17-8-2-4-12(18)10(6-8)14(20)21/h1-6,18H,(H,17,19)(H,20,21). The van der Waals surface area contributed by atoms with Crippen LogP contribution in [0.1, 0.15) is 20.7 Å². The zero-order chi connectivity index (χ0) is 15.6. The Morgan fingerprint density at radius 3 is 2.38 bits per heavy atom. The summed E-state index contributed by atoms with van der Waals surface area (Å²) in [6, 6.07) is 5.72. The molecule has 2 rings (SSSR count).